The number of carbonyl (C=O) groups excluding carboxylic acids is 2. The van der Waals surface area contributed by atoms with Gasteiger partial charge >= 0.3 is 12.2 Å². The summed E-state index contributed by atoms with van der Waals surface area (Å²) in [6.45, 7) is 11.2. The zero-order chi connectivity index (χ0) is 19.7. The number of ether oxygens (including phenoxy) is 3. The fourth-order valence-corrected chi connectivity index (χ4v) is 2.48. The van der Waals surface area contributed by atoms with Gasteiger partial charge in [0.2, 0.25) is 0 Å². The van der Waals surface area contributed by atoms with Crippen molar-refractivity contribution in [2.75, 3.05) is 6.54 Å². The van der Waals surface area contributed by atoms with E-state index in [2.05, 4.69) is 0 Å². The Balaban J connectivity index is 2.14. The number of nitrogens with zero attached hydrogens (tertiary/aromatic N) is 1. The molecule has 6 nitrogen and oxygen atoms in total. The Kier molecular flexibility index (Phi) is 5.49. The van der Waals surface area contributed by atoms with Crippen molar-refractivity contribution in [2.24, 2.45) is 0 Å². The van der Waals surface area contributed by atoms with Crippen LogP contribution in [0.1, 0.15) is 52.7 Å². The normalized spacial score (nSPS) is 14.5. The number of halogens is 1. The molecule has 0 unspecified atom stereocenters. The van der Waals surface area contributed by atoms with Crippen molar-refractivity contribution in [3.63, 3.8) is 0 Å². The molecular formula is C19H26FNO5. The van der Waals surface area contributed by atoms with Crippen molar-refractivity contribution < 1.29 is 28.2 Å². The van der Waals surface area contributed by atoms with Crippen LogP contribution in [0.4, 0.5) is 14.0 Å². The van der Waals surface area contributed by atoms with Crippen molar-refractivity contribution in [3.05, 3.63) is 29.1 Å². The first kappa shape index (κ1) is 20.0. The number of hydrogen-bond acceptors (Lipinski definition) is 5. The Labute approximate surface area is 153 Å². The van der Waals surface area contributed by atoms with Gasteiger partial charge in [0.1, 0.15) is 11.2 Å². The lowest BCUT2D eigenvalue weighted by atomic mass is 9.99. The number of fused-ring (bicyclic) bond motifs is 1. The summed E-state index contributed by atoms with van der Waals surface area (Å²) in [5, 5.41) is 0. The highest BCUT2D eigenvalue weighted by atomic mass is 19.1. The molecular weight excluding hydrogens is 341 g/mol. The first-order valence-electron chi connectivity index (χ1n) is 8.54. The fourth-order valence-electron chi connectivity index (χ4n) is 2.48. The molecule has 1 aliphatic heterocycles. The van der Waals surface area contributed by atoms with Crippen molar-refractivity contribution in [3.8, 4) is 5.75 Å². The molecule has 1 heterocycles. The fraction of sp³-hybridized carbons (Fsp3) is 0.579. The molecule has 1 aromatic rings. The topological polar surface area (TPSA) is 65.1 Å². The Morgan fingerprint density at radius 1 is 1.00 bits per heavy atom. The summed E-state index contributed by atoms with van der Waals surface area (Å²) in [6.07, 6.45) is -0.906. The number of rotatable bonds is 1. The minimum atomic E-state index is -0.976. The van der Waals surface area contributed by atoms with Gasteiger partial charge in [-0.2, -0.15) is 0 Å². The summed E-state index contributed by atoms with van der Waals surface area (Å²) >= 11 is 0. The molecule has 0 fully saturated rings. The standard InChI is InChI=1S/C19H26FNO5/c1-18(2,3)25-16(22)21-8-7-12-9-14(20)15(10-13(12)11-21)24-17(23)26-19(4,5)6/h9-10H,7-8,11H2,1-6H3. The van der Waals surface area contributed by atoms with Crippen LogP contribution in [0.15, 0.2) is 12.1 Å². The second-order valence-corrected chi connectivity index (χ2v) is 8.27. The summed E-state index contributed by atoms with van der Waals surface area (Å²) in [5.41, 5.74) is 0.154. The predicted octanol–water partition coefficient (Wildman–Crippen LogP) is 4.43. The largest absolute Gasteiger partial charge is 0.514 e. The highest BCUT2D eigenvalue weighted by Gasteiger charge is 2.27. The second kappa shape index (κ2) is 7.13. The summed E-state index contributed by atoms with van der Waals surface area (Å²) in [6, 6.07) is 2.77. The Hall–Kier alpha value is -2.31. The summed E-state index contributed by atoms with van der Waals surface area (Å²) in [7, 11) is 0. The van der Waals surface area contributed by atoms with Gasteiger partial charge in [-0.05, 0) is 71.2 Å². The number of amides is 1. The van der Waals surface area contributed by atoms with Gasteiger partial charge < -0.3 is 19.1 Å². The zero-order valence-electron chi connectivity index (χ0n) is 16.1. The Morgan fingerprint density at radius 3 is 2.19 bits per heavy atom. The van der Waals surface area contributed by atoms with E-state index in [0.29, 0.717) is 18.5 Å². The molecule has 0 radical (unpaired) electrons. The van der Waals surface area contributed by atoms with E-state index in [1.165, 1.54) is 12.1 Å². The van der Waals surface area contributed by atoms with Crippen LogP contribution in [0.5, 0.6) is 5.75 Å². The van der Waals surface area contributed by atoms with E-state index in [-0.39, 0.29) is 12.3 Å². The summed E-state index contributed by atoms with van der Waals surface area (Å²) in [5.74, 6) is -0.857. The lowest BCUT2D eigenvalue weighted by Gasteiger charge is -2.31. The quantitative estimate of drug-likeness (QED) is 0.543. The van der Waals surface area contributed by atoms with E-state index in [9.17, 15) is 14.0 Å². The molecule has 2 rings (SSSR count). The van der Waals surface area contributed by atoms with Crippen LogP contribution in [-0.4, -0.2) is 34.9 Å². The van der Waals surface area contributed by atoms with Gasteiger partial charge in [0.05, 0.1) is 0 Å². The molecule has 0 N–H and O–H groups in total. The average Bonchev–Trinajstić information content (AvgIpc) is 2.43. The van der Waals surface area contributed by atoms with Gasteiger partial charge in [-0.25, -0.2) is 14.0 Å². The third kappa shape index (κ3) is 5.61. The van der Waals surface area contributed by atoms with Crippen LogP contribution >= 0.6 is 0 Å². The number of carbonyl (C=O) groups is 2. The molecule has 0 bridgehead atoms. The molecule has 26 heavy (non-hydrogen) atoms. The Bertz CT molecular complexity index is 703. The average molecular weight is 367 g/mol. The Morgan fingerprint density at radius 2 is 1.62 bits per heavy atom. The summed E-state index contributed by atoms with van der Waals surface area (Å²) in [4.78, 5) is 25.6. The van der Waals surface area contributed by atoms with Crippen LogP contribution in [0.2, 0.25) is 0 Å². The van der Waals surface area contributed by atoms with Crippen LogP contribution in [-0.2, 0) is 22.4 Å². The van der Waals surface area contributed by atoms with Gasteiger partial charge in [0.25, 0.3) is 0 Å². The molecule has 1 aliphatic rings. The SMILES string of the molecule is CC(C)(C)OC(=O)Oc1cc2c(cc1F)CCN(C(=O)OC(C)(C)C)C2. The van der Waals surface area contributed by atoms with Crippen LogP contribution in [0.3, 0.4) is 0 Å². The molecule has 0 aromatic heterocycles. The maximum atomic E-state index is 14.2. The molecule has 0 saturated heterocycles. The van der Waals surface area contributed by atoms with Crippen molar-refractivity contribution in [1.82, 2.24) is 4.90 Å². The monoisotopic (exact) mass is 367 g/mol. The minimum Gasteiger partial charge on any atom is -0.444 e. The summed E-state index contributed by atoms with van der Waals surface area (Å²) < 4.78 is 29.6. The van der Waals surface area contributed by atoms with Crippen molar-refractivity contribution in [1.29, 1.82) is 0 Å². The second-order valence-electron chi connectivity index (χ2n) is 8.27. The highest BCUT2D eigenvalue weighted by Crippen LogP contribution is 2.28. The van der Waals surface area contributed by atoms with Crippen molar-refractivity contribution in [2.45, 2.75) is 65.7 Å². The lowest BCUT2D eigenvalue weighted by molar-refractivity contribution is 0.0186. The molecule has 0 aliphatic carbocycles. The minimum absolute atomic E-state index is 0.218. The van der Waals surface area contributed by atoms with E-state index < -0.39 is 29.3 Å². The van der Waals surface area contributed by atoms with Crippen LogP contribution in [0, 0.1) is 5.82 Å². The molecule has 144 valence electrons. The maximum Gasteiger partial charge on any atom is 0.514 e. The van der Waals surface area contributed by atoms with E-state index in [1.54, 1.807) is 46.4 Å². The van der Waals surface area contributed by atoms with E-state index in [1.807, 2.05) is 0 Å². The molecule has 0 atom stereocenters. The first-order valence-corrected chi connectivity index (χ1v) is 8.54. The molecule has 1 amide bonds. The molecule has 1 aromatic carbocycles. The smallest absolute Gasteiger partial charge is 0.444 e. The zero-order valence-corrected chi connectivity index (χ0v) is 16.1. The molecule has 0 spiro atoms. The molecule has 7 heteroatoms. The highest BCUT2D eigenvalue weighted by molar-refractivity contribution is 5.69. The van der Waals surface area contributed by atoms with E-state index in [0.717, 1.165) is 5.56 Å². The van der Waals surface area contributed by atoms with Gasteiger partial charge in [0.15, 0.2) is 11.6 Å². The van der Waals surface area contributed by atoms with Gasteiger partial charge in [-0.1, -0.05) is 0 Å². The van der Waals surface area contributed by atoms with Crippen LogP contribution in [0.25, 0.3) is 0 Å². The molecule has 0 saturated carbocycles. The van der Waals surface area contributed by atoms with Gasteiger partial charge in [-0.3, -0.25) is 0 Å². The maximum absolute atomic E-state index is 14.2. The van der Waals surface area contributed by atoms with Crippen LogP contribution < -0.4 is 4.74 Å². The van der Waals surface area contributed by atoms with Gasteiger partial charge in [-0.15, -0.1) is 0 Å². The lowest BCUT2D eigenvalue weighted by Crippen LogP contribution is -2.40. The third-order valence-electron chi connectivity index (χ3n) is 3.50. The van der Waals surface area contributed by atoms with E-state index >= 15 is 0 Å². The first-order chi connectivity index (χ1) is 11.8. The van der Waals surface area contributed by atoms with Gasteiger partial charge in [0, 0.05) is 13.1 Å². The van der Waals surface area contributed by atoms with Crippen molar-refractivity contribution >= 4 is 12.2 Å². The predicted molar refractivity (Wildman–Crippen MR) is 93.6 cm³/mol. The third-order valence-corrected chi connectivity index (χ3v) is 3.50. The van der Waals surface area contributed by atoms with E-state index in [4.69, 9.17) is 14.2 Å². The number of hydrogen-bond donors (Lipinski definition) is 0. The number of benzene rings is 1.